The van der Waals surface area contributed by atoms with E-state index in [0.717, 1.165) is 47.4 Å². The Morgan fingerprint density at radius 2 is 0.857 bits per heavy atom. The summed E-state index contributed by atoms with van der Waals surface area (Å²) in [5.41, 5.74) is 7.22. The van der Waals surface area contributed by atoms with E-state index >= 15 is 0 Å². The normalized spacial score (nSPS) is 14.7. The fourth-order valence-electron chi connectivity index (χ4n) is 7.76. The van der Waals surface area contributed by atoms with Crippen molar-refractivity contribution < 1.29 is 33.9 Å². The zero-order valence-electron chi connectivity index (χ0n) is 31.7. The molecule has 0 atom stereocenters. The van der Waals surface area contributed by atoms with E-state index in [-0.39, 0.29) is 24.8 Å². The van der Waals surface area contributed by atoms with E-state index < -0.39 is 0 Å². The highest BCUT2D eigenvalue weighted by Gasteiger charge is 2.25. The number of thioether (sulfide) groups is 2. The number of fused-ring (bicyclic) bond motifs is 4. The fourth-order valence-corrected chi connectivity index (χ4v) is 10.5. The number of hydrogen-bond acceptors (Lipinski definition) is 4. The third kappa shape index (κ3) is 9.02. The van der Waals surface area contributed by atoms with E-state index in [0.29, 0.717) is 0 Å². The van der Waals surface area contributed by atoms with Gasteiger partial charge in [-0.15, -0.1) is 0 Å². The average Bonchev–Trinajstić information content (AvgIpc) is 3.68. The molecule has 8 rings (SSSR count). The lowest BCUT2D eigenvalue weighted by atomic mass is 10.1. The summed E-state index contributed by atoms with van der Waals surface area (Å²) in [5.74, 6) is 0. The minimum atomic E-state index is 0. The van der Waals surface area contributed by atoms with Gasteiger partial charge in [0.25, 0.3) is 10.3 Å². The molecule has 0 N–H and O–H groups in total. The maximum absolute atomic E-state index is 6.98. The van der Waals surface area contributed by atoms with Gasteiger partial charge in [0.1, 0.15) is 0 Å². The van der Waals surface area contributed by atoms with Crippen molar-refractivity contribution in [2.24, 2.45) is 0 Å². The number of hydrogen-bond donors (Lipinski definition) is 0. The highest BCUT2D eigenvalue weighted by molar-refractivity contribution is 8.04. The molecule has 2 aliphatic rings. The van der Waals surface area contributed by atoms with Crippen molar-refractivity contribution >= 4 is 92.1 Å². The largest absolute Gasteiger partial charge is 1.00 e. The quantitative estimate of drug-likeness (QED) is 0.0723. The molecule has 0 saturated carbocycles. The Morgan fingerprint density at radius 1 is 0.500 bits per heavy atom. The minimum absolute atomic E-state index is 0. The molecule has 0 fully saturated rings. The van der Waals surface area contributed by atoms with Gasteiger partial charge in [-0.3, -0.25) is 0 Å². The summed E-state index contributed by atoms with van der Waals surface area (Å²) in [6.45, 7) is 1.86. The Bertz CT molecular complexity index is 2230. The topological polar surface area (TPSA) is 14.2 Å². The van der Waals surface area contributed by atoms with Crippen LogP contribution in [0.1, 0.15) is 62.5 Å². The van der Waals surface area contributed by atoms with Crippen molar-refractivity contribution in [3.8, 4) is 0 Å². The van der Waals surface area contributed by atoms with Gasteiger partial charge in [0, 0.05) is 61.0 Å². The number of rotatable bonds is 13. The van der Waals surface area contributed by atoms with Gasteiger partial charge in [-0.25, -0.2) is 0 Å². The van der Waals surface area contributed by atoms with E-state index in [1.54, 1.807) is 0 Å². The first-order valence-electron chi connectivity index (χ1n) is 19.1. The summed E-state index contributed by atoms with van der Waals surface area (Å²) >= 11 is 17.6. The highest BCUT2D eigenvalue weighted by Crippen LogP contribution is 2.47. The van der Waals surface area contributed by atoms with Crippen molar-refractivity contribution in [3.63, 3.8) is 0 Å². The van der Waals surface area contributed by atoms with Gasteiger partial charge in [0.15, 0.2) is 13.1 Å². The molecule has 4 aromatic carbocycles. The fraction of sp³-hybridized carbons (Fsp3) is 0.261. The first-order valence-corrected chi connectivity index (χ1v) is 21.5. The van der Waals surface area contributed by atoms with Crippen LogP contribution in [-0.4, -0.2) is 14.1 Å². The van der Waals surface area contributed by atoms with Gasteiger partial charge >= 0.3 is 0 Å². The van der Waals surface area contributed by atoms with Gasteiger partial charge < -0.3 is 34.6 Å². The molecule has 0 spiro atoms. The van der Waals surface area contributed by atoms with Gasteiger partial charge in [0.2, 0.25) is 11.0 Å². The van der Waals surface area contributed by atoms with Crippen LogP contribution < -0.4 is 43.7 Å². The molecule has 2 aromatic heterocycles. The van der Waals surface area contributed by atoms with E-state index in [1.165, 1.54) is 91.6 Å². The second-order valence-electron chi connectivity index (χ2n) is 14.2. The molecule has 2 aliphatic heterocycles. The zero-order chi connectivity index (χ0) is 37.0. The van der Waals surface area contributed by atoms with Crippen LogP contribution in [0.4, 0.5) is 11.4 Å². The van der Waals surface area contributed by atoms with Crippen LogP contribution in [0.2, 0.25) is 10.3 Å². The Morgan fingerprint density at radius 3 is 1.27 bits per heavy atom. The van der Waals surface area contributed by atoms with Gasteiger partial charge in [0.05, 0.1) is 32.2 Å². The number of para-hydroxylation sites is 4. The summed E-state index contributed by atoms with van der Waals surface area (Å²) in [5, 5.41) is 6.50. The van der Waals surface area contributed by atoms with Crippen LogP contribution in [0.15, 0.2) is 129 Å². The van der Waals surface area contributed by atoms with Crippen molar-refractivity contribution in [1.29, 1.82) is 0 Å². The number of unbranched alkanes of at least 4 members (excludes halogenated alkanes) is 7. The van der Waals surface area contributed by atoms with E-state index in [9.17, 15) is 0 Å². The van der Waals surface area contributed by atoms with E-state index in [2.05, 4.69) is 154 Å². The Balaban J connectivity index is 0.00000266. The van der Waals surface area contributed by atoms with Crippen LogP contribution in [0.3, 0.4) is 0 Å². The second kappa shape index (κ2) is 19.4. The van der Waals surface area contributed by atoms with E-state index in [1.807, 2.05) is 23.5 Å². The molecule has 290 valence electrons. The molecule has 10 heteroatoms. The Labute approximate surface area is 362 Å². The van der Waals surface area contributed by atoms with Gasteiger partial charge in [-0.1, -0.05) is 97.7 Å². The van der Waals surface area contributed by atoms with Crippen molar-refractivity contribution in [3.05, 3.63) is 141 Å². The summed E-state index contributed by atoms with van der Waals surface area (Å²) in [4.78, 5) is 7.12. The Kier molecular flexibility index (Phi) is 14.6. The summed E-state index contributed by atoms with van der Waals surface area (Å²) in [6, 6.07) is 38.8. The van der Waals surface area contributed by atoms with Crippen molar-refractivity contribution in [2.75, 3.05) is 23.9 Å². The van der Waals surface area contributed by atoms with Crippen molar-refractivity contribution in [1.82, 2.24) is 0 Å². The first-order chi connectivity index (χ1) is 26.5. The second-order valence-corrected chi connectivity index (χ2v) is 17.1. The van der Waals surface area contributed by atoms with Gasteiger partial charge in [-0.2, -0.15) is 9.13 Å². The maximum Gasteiger partial charge on any atom is 0.276 e. The van der Waals surface area contributed by atoms with Crippen LogP contribution in [0.25, 0.3) is 34.0 Å². The highest BCUT2D eigenvalue weighted by atomic mass is 35.5. The number of pyridine rings is 2. The number of halogens is 4. The lowest BCUT2D eigenvalue weighted by Crippen LogP contribution is -3.00. The molecule has 0 radical (unpaired) electrons. The van der Waals surface area contributed by atoms with Crippen LogP contribution >= 0.6 is 46.7 Å². The van der Waals surface area contributed by atoms with Gasteiger partial charge in [-0.05, 0) is 95.7 Å². The third-order valence-corrected chi connectivity index (χ3v) is 13.6. The molecule has 56 heavy (non-hydrogen) atoms. The summed E-state index contributed by atoms with van der Waals surface area (Å²) in [7, 11) is 4.28. The number of benzene rings is 4. The van der Waals surface area contributed by atoms with Crippen LogP contribution in [0, 0.1) is 0 Å². The lowest BCUT2D eigenvalue weighted by Gasteiger charge is -2.14. The predicted molar refractivity (Wildman–Crippen MR) is 233 cm³/mol. The molecular weight excluding hydrogens is 814 g/mol. The lowest BCUT2D eigenvalue weighted by molar-refractivity contribution is -0.669. The monoisotopic (exact) mass is 858 g/mol. The number of aryl methyl sites for hydroxylation is 2. The minimum Gasteiger partial charge on any atom is -1.00 e. The average molecular weight is 861 g/mol. The molecule has 4 nitrogen and oxygen atoms in total. The van der Waals surface area contributed by atoms with E-state index in [4.69, 9.17) is 23.2 Å². The zero-order valence-corrected chi connectivity index (χ0v) is 36.4. The molecule has 4 heterocycles. The number of nitrogens with zero attached hydrogens (tertiary/aromatic N) is 4. The standard InChI is InChI=1S/C46H46Cl2N4S2.2ClH/c1-49-39-23-13-15-25-41(39)53-45(49)31-33-29-43(47)51(37-21-11-9-19-35(33)37)27-17-7-5-3-4-6-8-18-28-52-38-22-12-10-20-36(38)34(30-44(52)48)32-46-50(2)40-24-14-16-26-42(40)54-46;;/h9-16,19-26,29-32H,3-8,17-18,27-28H2,1-2H3;2*1H/q+2;;/p-2. The molecule has 0 bridgehead atoms. The van der Waals surface area contributed by atoms with Crippen LogP contribution in [-0.2, 0) is 13.1 Å². The number of anilines is 2. The Hall–Kier alpha value is -3.36. The third-order valence-electron chi connectivity index (χ3n) is 10.7. The molecule has 0 amide bonds. The predicted octanol–water partition coefficient (Wildman–Crippen LogP) is 6.78. The molecule has 6 aromatic rings. The summed E-state index contributed by atoms with van der Waals surface area (Å²) < 4.78 is 4.58. The first kappa shape index (κ1) is 42.3. The molecule has 0 saturated heterocycles. The molecule has 0 aliphatic carbocycles. The molecule has 0 unspecified atom stereocenters. The maximum atomic E-state index is 6.98. The SMILES string of the molecule is CN1/C(=C\c2cc(Cl)[n+](CCCCCCCCCC[n+]3c(Cl)cc(/C=C4/Sc5ccccc5N4C)c4ccccc43)c3ccccc23)Sc2ccccc21.[Cl-].[Cl-]. The smallest absolute Gasteiger partial charge is 0.276 e. The number of aromatic nitrogens is 2. The molecular formula is C46H46Cl4N4S2. The van der Waals surface area contributed by atoms with Crippen molar-refractivity contribution in [2.45, 2.75) is 74.2 Å². The summed E-state index contributed by atoms with van der Waals surface area (Å²) in [6.07, 6.45) is 14.3. The van der Waals surface area contributed by atoms with Crippen LogP contribution in [0.5, 0.6) is 0 Å².